The monoisotopic (exact) mass is 274 g/mol. The zero-order chi connectivity index (χ0) is 14.5. The minimum atomic E-state index is -0.369. The molecule has 0 aliphatic heterocycles. The van der Waals surface area contributed by atoms with Crippen molar-refractivity contribution in [3.8, 4) is 0 Å². The van der Waals surface area contributed by atoms with E-state index in [4.69, 9.17) is 0 Å². The zero-order valence-corrected chi connectivity index (χ0v) is 11.6. The molecule has 1 heterocycles. The summed E-state index contributed by atoms with van der Waals surface area (Å²) >= 11 is 0. The summed E-state index contributed by atoms with van der Waals surface area (Å²) in [6.45, 7) is 5.76. The maximum absolute atomic E-state index is 11.0. The highest BCUT2D eigenvalue weighted by Crippen LogP contribution is 2.30. The summed E-state index contributed by atoms with van der Waals surface area (Å²) in [5, 5.41) is 19.0. The predicted molar refractivity (Wildman–Crippen MR) is 80.0 cm³/mol. The van der Waals surface area contributed by atoms with Gasteiger partial charge in [-0.1, -0.05) is 13.8 Å². The molecule has 0 bridgehead atoms. The van der Waals surface area contributed by atoms with E-state index in [1.165, 1.54) is 6.07 Å². The molecule has 6 heteroatoms. The maximum atomic E-state index is 11.0. The number of nitro benzene ring substituents is 1. The van der Waals surface area contributed by atoms with Crippen molar-refractivity contribution < 1.29 is 4.92 Å². The van der Waals surface area contributed by atoms with Gasteiger partial charge in [0, 0.05) is 48.7 Å². The summed E-state index contributed by atoms with van der Waals surface area (Å²) in [5.41, 5.74) is 0.970. The van der Waals surface area contributed by atoms with Crippen LogP contribution in [0.3, 0.4) is 0 Å². The van der Waals surface area contributed by atoms with E-state index in [-0.39, 0.29) is 10.6 Å². The molecule has 0 saturated heterocycles. The minimum Gasteiger partial charge on any atom is -0.383 e. The van der Waals surface area contributed by atoms with Crippen LogP contribution in [0.25, 0.3) is 10.8 Å². The molecule has 2 aromatic rings. The van der Waals surface area contributed by atoms with E-state index in [0.717, 1.165) is 24.2 Å². The smallest absolute Gasteiger partial charge is 0.277 e. The number of aromatic nitrogens is 1. The number of hydrogen-bond acceptors (Lipinski definition) is 5. The van der Waals surface area contributed by atoms with E-state index in [2.05, 4.69) is 29.5 Å². The molecular weight excluding hydrogens is 256 g/mol. The number of hydrogen-bond donors (Lipinski definition) is 2. The first-order valence-corrected chi connectivity index (χ1v) is 6.58. The number of nitrogens with zero attached hydrogens (tertiary/aromatic N) is 2. The molecule has 0 radical (unpaired) electrons. The molecule has 0 aliphatic rings. The Hall–Kier alpha value is -2.21. The molecule has 0 unspecified atom stereocenters. The van der Waals surface area contributed by atoms with Crippen LogP contribution in [0.5, 0.6) is 0 Å². The van der Waals surface area contributed by atoms with Crippen LogP contribution < -0.4 is 10.6 Å². The van der Waals surface area contributed by atoms with Gasteiger partial charge in [0.25, 0.3) is 5.69 Å². The van der Waals surface area contributed by atoms with Crippen LogP contribution in [0, 0.1) is 10.1 Å². The quantitative estimate of drug-likeness (QED) is 0.480. The van der Waals surface area contributed by atoms with Gasteiger partial charge in [-0.25, -0.2) is 0 Å². The average molecular weight is 274 g/mol. The average Bonchev–Trinajstić information content (AvgIpc) is 2.43. The first-order valence-electron chi connectivity index (χ1n) is 6.58. The number of pyridine rings is 1. The summed E-state index contributed by atoms with van der Waals surface area (Å²) in [7, 11) is 0. The number of rotatable bonds is 6. The lowest BCUT2D eigenvalue weighted by molar-refractivity contribution is -0.383. The number of anilines is 1. The molecule has 106 valence electrons. The molecular formula is C14H18N4O2. The van der Waals surface area contributed by atoms with Crippen molar-refractivity contribution in [3.63, 3.8) is 0 Å². The van der Waals surface area contributed by atoms with E-state index in [1.807, 2.05) is 0 Å². The van der Waals surface area contributed by atoms with Crippen molar-refractivity contribution in [2.75, 3.05) is 18.4 Å². The van der Waals surface area contributed by atoms with E-state index in [1.54, 1.807) is 24.5 Å². The molecule has 20 heavy (non-hydrogen) atoms. The van der Waals surface area contributed by atoms with Gasteiger partial charge in [0.1, 0.15) is 0 Å². The van der Waals surface area contributed by atoms with Crippen LogP contribution in [0.4, 0.5) is 11.4 Å². The van der Waals surface area contributed by atoms with Crippen molar-refractivity contribution >= 4 is 22.1 Å². The largest absolute Gasteiger partial charge is 0.383 e. The maximum Gasteiger partial charge on any atom is 0.277 e. The second-order valence-corrected chi connectivity index (χ2v) is 4.85. The first-order chi connectivity index (χ1) is 9.59. The van der Waals surface area contributed by atoms with Crippen molar-refractivity contribution in [2.24, 2.45) is 0 Å². The minimum absolute atomic E-state index is 0.105. The molecule has 2 N–H and O–H groups in total. The normalized spacial score (nSPS) is 10.9. The molecule has 6 nitrogen and oxygen atoms in total. The Bertz CT molecular complexity index is 613. The highest BCUT2D eigenvalue weighted by atomic mass is 16.6. The predicted octanol–water partition coefficient (Wildman–Crippen LogP) is 2.55. The molecule has 0 amide bonds. The summed E-state index contributed by atoms with van der Waals surface area (Å²) in [5.74, 6) is 0. The third kappa shape index (κ3) is 3.21. The Morgan fingerprint density at radius 3 is 2.75 bits per heavy atom. The summed E-state index contributed by atoms with van der Waals surface area (Å²) in [6, 6.07) is 5.37. The fourth-order valence-corrected chi connectivity index (χ4v) is 2.05. The van der Waals surface area contributed by atoms with E-state index in [0.29, 0.717) is 11.4 Å². The van der Waals surface area contributed by atoms with Gasteiger partial charge < -0.3 is 10.6 Å². The zero-order valence-electron chi connectivity index (χ0n) is 11.6. The summed E-state index contributed by atoms with van der Waals surface area (Å²) in [6.07, 6.45) is 3.22. The van der Waals surface area contributed by atoms with Crippen molar-refractivity contribution in [1.82, 2.24) is 10.3 Å². The van der Waals surface area contributed by atoms with Gasteiger partial charge in [-0.3, -0.25) is 15.1 Å². The van der Waals surface area contributed by atoms with Gasteiger partial charge in [-0.2, -0.15) is 0 Å². The topological polar surface area (TPSA) is 80.1 Å². The van der Waals surface area contributed by atoms with E-state index < -0.39 is 0 Å². The second kappa shape index (κ2) is 6.29. The molecule has 0 aliphatic carbocycles. The number of nitro groups is 1. The van der Waals surface area contributed by atoms with Crippen LogP contribution in [0.15, 0.2) is 30.6 Å². The lowest BCUT2D eigenvalue weighted by atomic mass is 10.1. The van der Waals surface area contributed by atoms with Crippen LogP contribution >= 0.6 is 0 Å². The van der Waals surface area contributed by atoms with Crippen LogP contribution in [-0.4, -0.2) is 29.0 Å². The van der Waals surface area contributed by atoms with Gasteiger partial charge in [0.05, 0.1) is 10.3 Å². The van der Waals surface area contributed by atoms with Gasteiger partial charge in [0.2, 0.25) is 0 Å². The molecule has 1 aromatic carbocycles. The van der Waals surface area contributed by atoms with Crippen LogP contribution in [-0.2, 0) is 0 Å². The van der Waals surface area contributed by atoms with Gasteiger partial charge >= 0.3 is 0 Å². The fraction of sp³-hybridized carbons (Fsp3) is 0.357. The number of nitrogens with one attached hydrogen (secondary N) is 2. The van der Waals surface area contributed by atoms with E-state index in [9.17, 15) is 10.1 Å². The molecule has 0 atom stereocenters. The Labute approximate surface area is 117 Å². The third-order valence-corrected chi connectivity index (χ3v) is 2.98. The van der Waals surface area contributed by atoms with Crippen LogP contribution in [0.1, 0.15) is 13.8 Å². The molecule has 2 rings (SSSR count). The van der Waals surface area contributed by atoms with Crippen molar-refractivity contribution in [2.45, 2.75) is 19.9 Å². The van der Waals surface area contributed by atoms with E-state index >= 15 is 0 Å². The van der Waals surface area contributed by atoms with Gasteiger partial charge in [-0.15, -0.1) is 0 Å². The summed E-state index contributed by atoms with van der Waals surface area (Å²) < 4.78 is 0. The van der Waals surface area contributed by atoms with Crippen molar-refractivity contribution in [3.05, 3.63) is 40.7 Å². The second-order valence-electron chi connectivity index (χ2n) is 4.85. The number of benzene rings is 1. The number of fused-ring (bicyclic) bond motifs is 1. The molecule has 1 aromatic heterocycles. The fourth-order valence-electron chi connectivity index (χ4n) is 2.05. The SMILES string of the molecule is CC(C)NCCNc1ccc([N+](=O)[O-])c2ccncc12. The third-order valence-electron chi connectivity index (χ3n) is 2.98. The lowest BCUT2D eigenvalue weighted by Gasteiger charge is -2.12. The highest BCUT2D eigenvalue weighted by Gasteiger charge is 2.13. The Kier molecular flexibility index (Phi) is 4.47. The van der Waals surface area contributed by atoms with Gasteiger partial charge in [-0.05, 0) is 12.1 Å². The first kappa shape index (κ1) is 14.2. The Morgan fingerprint density at radius 1 is 1.25 bits per heavy atom. The number of non-ortho nitro benzene ring substituents is 1. The molecule has 0 saturated carbocycles. The lowest BCUT2D eigenvalue weighted by Crippen LogP contribution is -2.28. The van der Waals surface area contributed by atoms with Crippen LogP contribution in [0.2, 0.25) is 0 Å². The van der Waals surface area contributed by atoms with Crippen molar-refractivity contribution in [1.29, 1.82) is 0 Å². The standard InChI is InChI=1S/C14H18N4O2/c1-10(2)16-7-8-17-13-3-4-14(18(19)20)11-5-6-15-9-12(11)13/h3-6,9-10,16-17H,7-8H2,1-2H3. The Balaban J connectivity index is 2.22. The molecule has 0 fully saturated rings. The van der Waals surface area contributed by atoms with Gasteiger partial charge in [0.15, 0.2) is 0 Å². The summed E-state index contributed by atoms with van der Waals surface area (Å²) in [4.78, 5) is 14.7. The Morgan fingerprint density at radius 2 is 2.05 bits per heavy atom. The molecule has 0 spiro atoms. The highest BCUT2D eigenvalue weighted by molar-refractivity contribution is 5.99.